The summed E-state index contributed by atoms with van der Waals surface area (Å²) in [4.78, 5) is 29.2. The fourth-order valence-corrected chi connectivity index (χ4v) is 4.16. The molecule has 26 heavy (non-hydrogen) atoms. The molecule has 0 aliphatic carbocycles. The molecule has 0 bridgehead atoms. The highest BCUT2D eigenvalue weighted by Crippen LogP contribution is 2.32. The highest BCUT2D eigenvalue weighted by atomic mass is 16.2. The molecule has 2 amide bonds. The van der Waals surface area contributed by atoms with Crippen LogP contribution in [0.15, 0.2) is 24.3 Å². The summed E-state index contributed by atoms with van der Waals surface area (Å²) in [6, 6.07) is 9.36. The van der Waals surface area contributed by atoms with Crippen LogP contribution < -0.4 is 0 Å². The third-order valence-electron chi connectivity index (χ3n) is 5.66. The molecule has 0 spiro atoms. The van der Waals surface area contributed by atoms with Gasteiger partial charge in [0.05, 0.1) is 17.2 Å². The Hall–Kier alpha value is -2.35. The van der Waals surface area contributed by atoms with E-state index >= 15 is 0 Å². The van der Waals surface area contributed by atoms with E-state index in [1.807, 2.05) is 4.90 Å². The first-order valence-corrected chi connectivity index (χ1v) is 9.59. The lowest BCUT2D eigenvalue weighted by molar-refractivity contribution is -0.140. The van der Waals surface area contributed by atoms with Gasteiger partial charge in [0.2, 0.25) is 5.91 Å². The normalized spacial score (nSPS) is 22.9. The third-order valence-corrected chi connectivity index (χ3v) is 5.66. The number of nitriles is 1. The van der Waals surface area contributed by atoms with Gasteiger partial charge in [-0.25, -0.2) is 0 Å². The average molecular weight is 353 g/mol. The first kappa shape index (κ1) is 18.4. The Bertz CT molecular complexity index is 722. The van der Waals surface area contributed by atoms with Crippen molar-refractivity contribution >= 4 is 11.8 Å². The monoisotopic (exact) mass is 353 g/mol. The van der Waals surface area contributed by atoms with Crippen LogP contribution in [0.4, 0.5) is 0 Å². The second-order valence-electron chi connectivity index (χ2n) is 7.83. The SMILES string of the molecule is CC(C)CCN1C(=O)CC[C@H]2CN(C(=O)c3ccccc3C#N)CC[C@H]21. The van der Waals surface area contributed by atoms with Crippen LogP contribution in [0.3, 0.4) is 0 Å². The van der Waals surface area contributed by atoms with E-state index in [1.165, 1.54) is 0 Å². The van der Waals surface area contributed by atoms with Crippen LogP contribution in [0.25, 0.3) is 0 Å². The minimum Gasteiger partial charge on any atom is -0.339 e. The number of piperidine rings is 2. The van der Waals surface area contributed by atoms with Crippen LogP contribution in [0.5, 0.6) is 0 Å². The number of rotatable bonds is 4. The second kappa shape index (κ2) is 7.90. The van der Waals surface area contributed by atoms with Crippen molar-refractivity contribution in [2.75, 3.05) is 19.6 Å². The molecule has 2 heterocycles. The van der Waals surface area contributed by atoms with Crippen molar-refractivity contribution in [1.29, 1.82) is 5.26 Å². The molecule has 1 aromatic rings. The molecule has 5 nitrogen and oxygen atoms in total. The molecule has 3 rings (SSSR count). The number of nitrogens with zero attached hydrogens (tertiary/aromatic N) is 3. The van der Waals surface area contributed by atoms with E-state index in [2.05, 4.69) is 24.8 Å². The van der Waals surface area contributed by atoms with Crippen molar-refractivity contribution < 1.29 is 9.59 Å². The van der Waals surface area contributed by atoms with E-state index < -0.39 is 0 Å². The average Bonchev–Trinajstić information content (AvgIpc) is 2.66. The number of hydrogen-bond acceptors (Lipinski definition) is 3. The Morgan fingerprint density at radius 1 is 1.31 bits per heavy atom. The van der Waals surface area contributed by atoms with Crippen LogP contribution in [0.2, 0.25) is 0 Å². The zero-order chi connectivity index (χ0) is 18.7. The molecule has 0 aromatic heterocycles. The molecule has 0 radical (unpaired) electrons. The van der Waals surface area contributed by atoms with Gasteiger partial charge in [-0.05, 0) is 43.2 Å². The summed E-state index contributed by atoms with van der Waals surface area (Å²) in [5, 5.41) is 9.26. The molecule has 0 unspecified atom stereocenters. The van der Waals surface area contributed by atoms with Crippen molar-refractivity contribution in [2.45, 2.75) is 45.6 Å². The predicted octanol–water partition coefficient (Wildman–Crippen LogP) is 3.06. The summed E-state index contributed by atoms with van der Waals surface area (Å²) < 4.78 is 0. The summed E-state index contributed by atoms with van der Waals surface area (Å²) in [5.74, 6) is 1.12. The maximum Gasteiger partial charge on any atom is 0.255 e. The van der Waals surface area contributed by atoms with E-state index in [9.17, 15) is 14.9 Å². The summed E-state index contributed by atoms with van der Waals surface area (Å²) in [5.41, 5.74) is 0.911. The molecular formula is C21H27N3O2. The van der Waals surface area contributed by atoms with Crippen molar-refractivity contribution in [1.82, 2.24) is 9.80 Å². The predicted molar refractivity (Wildman–Crippen MR) is 99.4 cm³/mol. The minimum atomic E-state index is -0.0637. The van der Waals surface area contributed by atoms with E-state index in [0.29, 0.717) is 42.5 Å². The number of likely N-dealkylation sites (tertiary alicyclic amines) is 2. The van der Waals surface area contributed by atoms with E-state index in [0.717, 1.165) is 25.8 Å². The third kappa shape index (κ3) is 3.75. The van der Waals surface area contributed by atoms with Gasteiger partial charge < -0.3 is 9.80 Å². The van der Waals surface area contributed by atoms with Crippen molar-refractivity contribution in [3.05, 3.63) is 35.4 Å². The molecule has 5 heteroatoms. The molecule has 138 valence electrons. The zero-order valence-electron chi connectivity index (χ0n) is 15.6. The molecule has 0 N–H and O–H groups in total. The fourth-order valence-electron chi connectivity index (χ4n) is 4.16. The molecule has 0 saturated carbocycles. The highest BCUT2D eigenvalue weighted by molar-refractivity contribution is 5.96. The standard InChI is InChI=1S/C21H27N3O2/c1-15(2)9-12-24-19-10-11-23(14-17(19)7-8-20(24)25)21(26)18-6-4-3-5-16(18)13-22/h3-6,15,17,19H,7-12,14H2,1-2H3/t17-,19+/m0/s1. The van der Waals surface area contributed by atoms with Crippen molar-refractivity contribution in [2.24, 2.45) is 11.8 Å². The van der Waals surface area contributed by atoms with Crippen LogP contribution in [-0.2, 0) is 4.79 Å². The van der Waals surface area contributed by atoms with Gasteiger partial charge in [0.15, 0.2) is 0 Å². The van der Waals surface area contributed by atoms with Crippen LogP contribution in [0, 0.1) is 23.2 Å². The maximum atomic E-state index is 12.9. The number of carbonyl (C=O) groups excluding carboxylic acids is 2. The van der Waals surface area contributed by atoms with Gasteiger partial charge >= 0.3 is 0 Å². The molecule has 2 aliphatic heterocycles. The smallest absolute Gasteiger partial charge is 0.255 e. The quantitative estimate of drug-likeness (QED) is 0.836. The lowest BCUT2D eigenvalue weighted by Gasteiger charge is -2.47. The Labute approximate surface area is 155 Å². The maximum absolute atomic E-state index is 12.9. The van der Waals surface area contributed by atoms with E-state index in [4.69, 9.17) is 0 Å². The molecule has 2 saturated heterocycles. The number of hydrogen-bond donors (Lipinski definition) is 0. The molecule has 2 atom stereocenters. The van der Waals surface area contributed by atoms with Gasteiger partial charge in [0.25, 0.3) is 5.91 Å². The number of amides is 2. The largest absolute Gasteiger partial charge is 0.339 e. The summed E-state index contributed by atoms with van der Waals surface area (Å²) in [6.45, 7) is 6.50. The first-order chi connectivity index (χ1) is 12.5. The molecule has 1 aromatic carbocycles. The first-order valence-electron chi connectivity index (χ1n) is 9.59. The minimum absolute atomic E-state index is 0.0637. The Morgan fingerprint density at radius 3 is 2.81 bits per heavy atom. The molecule has 2 aliphatic rings. The lowest BCUT2D eigenvalue weighted by atomic mass is 9.83. The van der Waals surface area contributed by atoms with Crippen LogP contribution in [-0.4, -0.2) is 47.3 Å². The number of fused-ring (bicyclic) bond motifs is 1. The van der Waals surface area contributed by atoms with E-state index in [1.54, 1.807) is 24.3 Å². The number of benzene rings is 1. The van der Waals surface area contributed by atoms with Crippen LogP contribution in [0.1, 0.15) is 55.5 Å². The van der Waals surface area contributed by atoms with Gasteiger partial charge in [0, 0.05) is 32.1 Å². The lowest BCUT2D eigenvalue weighted by Crippen LogP contribution is -2.57. The van der Waals surface area contributed by atoms with Gasteiger partial charge in [-0.15, -0.1) is 0 Å². The topological polar surface area (TPSA) is 64.4 Å². The Morgan fingerprint density at radius 2 is 2.08 bits per heavy atom. The highest BCUT2D eigenvalue weighted by Gasteiger charge is 2.40. The summed E-state index contributed by atoms with van der Waals surface area (Å²) in [6.07, 6.45) is 3.28. The Balaban J connectivity index is 1.71. The van der Waals surface area contributed by atoms with Gasteiger partial charge in [-0.2, -0.15) is 5.26 Å². The molecular weight excluding hydrogens is 326 g/mol. The van der Waals surface area contributed by atoms with Crippen molar-refractivity contribution in [3.8, 4) is 6.07 Å². The second-order valence-corrected chi connectivity index (χ2v) is 7.83. The molecule has 2 fully saturated rings. The van der Waals surface area contributed by atoms with Gasteiger partial charge in [0.1, 0.15) is 0 Å². The van der Waals surface area contributed by atoms with E-state index in [-0.39, 0.29) is 17.9 Å². The zero-order valence-corrected chi connectivity index (χ0v) is 15.6. The van der Waals surface area contributed by atoms with Gasteiger partial charge in [-0.3, -0.25) is 9.59 Å². The number of carbonyl (C=O) groups is 2. The van der Waals surface area contributed by atoms with Crippen LogP contribution >= 0.6 is 0 Å². The fraction of sp³-hybridized carbons (Fsp3) is 0.571. The Kier molecular flexibility index (Phi) is 5.61. The van der Waals surface area contributed by atoms with Crippen molar-refractivity contribution in [3.63, 3.8) is 0 Å². The van der Waals surface area contributed by atoms with Gasteiger partial charge in [-0.1, -0.05) is 26.0 Å². The summed E-state index contributed by atoms with van der Waals surface area (Å²) >= 11 is 0. The summed E-state index contributed by atoms with van der Waals surface area (Å²) in [7, 11) is 0.